The van der Waals surface area contributed by atoms with E-state index in [2.05, 4.69) is 15.4 Å². The molecule has 0 saturated heterocycles. The SMILES string of the molecule is CCOc1ccccc1Oc1cc(C)nc(NN)n1. The number of rotatable bonds is 5. The van der Waals surface area contributed by atoms with Gasteiger partial charge in [0, 0.05) is 11.8 Å². The summed E-state index contributed by atoms with van der Waals surface area (Å²) in [5.41, 5.74) is 3.16. The first-order valence-electron chi connectivity index (χ1n) is 5.95. The van der Waals surface area contributed by atoms with Crippen LogP contribution in [0.1, 0.15) is 12.6 Å². The van der Waals surface area contributed by atoms with Crippen LogP contribution in [0.5, 0.6) is 17.4 Å². The number of aromatic nitrogens is 2. The second-order valence-corrected chi connectivity index (χ2v) is 3.80. The molecule has 0 unspecified atom stereocenters. The van der Waals surface area contributed by atoms with E-state index in [9.17, 15) is 0 Å². The molecule has 0 saturated carbocycles. The van der Waals surface area contributed by atoms with E-state index in [0.29, 0.717) is 29.9 Å². The number of nitrogens with two attached hydrogens (primary N) is 1. The third-order valence-corrected chi connectivity index (χ3v) is 2.32. The molecule has 1 aromatic carbocycles. The number of nitrogen functional groups attached to an aromatic ring is 1. The largest absolute Gasteiger partial charge is 0.490 e. The number of hydrazine groups is 1. The lowest BCUT2D eigenvalue weighted by molar-refractivity contribution is 0.319. The summed E-state index contributed by atoms with van der Waals surface area (Å²) in [6.45, 7) is 4.32. The van der Waals surface area contributed by atoms with Gasteiger partial charge in [0.05, 0.1) is 6.61 Å². The number of hydrogen-bond acceptors (Lipinski definition) is 6. The highest BCUT2D eigenvalue weighted by atomic mass is 16.5. The summed E-state index contributed by atoms with van der Waals surface area (Å²) < 4.78 is 11.2. The average Bonchev–Trinajstić information content (AvgIpc) is 2.40. The summed E-state index contributed by atoms with van der Waals surface area (Å²) in [5, 5.41) is 0. The van der Waals surface area contributed by atoms with Gasteiger partial charge in [-0.2, -0.15) is 4.98 Å². The lowest BCUT2D eigenvalue weighted by Gasteiger charge is -2.11. The van der Waals surface area contributed by atoms with E-state index in [4.69, 9.17) is 15.3 Å². The Morgan fingerprint density at radius 3 is 2.63 bits per heavy atom. The number of benzene rings is 1. The summed E-state index contributed by atoms with van der Waals surface area (Å²) in [5.74, 6) is 7.29. The number of ether oxygens (including phenoxy) is 2. The number of nitrogens with one attached hydrogen (secondary N) is 1. The van der Waals surface area contributed by atoms with Crippen molar-refractivity contribution in [1.29, 1.82) is 0 Å². The highest BCUT2D eigenvalue weighted by molar-refractivity contribution is 5.42. The number of hydrogen-bond donors (Lipinski definition) is 2. The highest BCUT2D eigenvalue weighted by Gasteiger charge is 2.08. The molecule has 0 radical (unpaired) electrons. The van der Waals surface area contributed by atoms with E-state index < -0.39 is 0 Å². The Morgan fingerprint density at radius 2 is 1.95 bits per heavy atom. The molecule has 0 fully saturated rings. The molecule has 19 heavy (non-hydrogen) atoms. The Bertz CT molecular complexity index is 560. The Labute approximate surface area is 111 Å². The van der Waals surface area contributed by atoms with Crippen molar-refractivity contribution in [2.75, 3.05) is 12.0 Å². The number of aryl methyl sites for hydroxylation is 1. The molecular formula is C13H16N4O2. The van der Waals surface area contributed by atoms with Crippen LogP contribution in [0.15, 0.2) is 30.3 Å². The molecule has 100 valence electrons. The van der Waals surface area contributed by atoms with Gasteiger partial charge in [0.15, 0.2) is 11.5 Å². The van der Waals surface area contributed by atoms with E-state index in [1.54, 1.807) is 6.07 Å². The van der Waals surface area contributed by atoms with Gasteiger partial charge in [-0.3, -0.25) is 5.43 Å². The minimum atomic E-state index is 0.309. The zero-order valence-electron chi connectivity index (χ0n) is 10.9. The van der Waals surface area contributed by atoms with Gasteiger partial charge in [0.2, 0.25) is 11.8 Å². The van der Waals surface area contributed by atoms with Gasteiger partial charge in [0.1, 0.15) is 0 Å². The fourth-order valence-electron chi connectivity index (χ4n) is 1.58. The van der Waals surface area contributed by atoms with Gasteiger partial charge >= 0.3 is 0 Å². The van der Waals surface area contributed by atoms with Crippen LogP contribution in [0.4, 0.5) is 5.95 Å². The molecule has 0 aliphatic carbocycles. The standard InChI is InChI=1S/C13H16N4O2/c1-3-18-10-6-4-5-7-11(10)19-12-8-9(2)15-13(16-12)17-14/h4-8H,3,14H2,1-2H3,(H,15,16,17). The topological polar surface area (TPSA) is 82.3 Å². The van der Waals surface area contributed by atoms with Crippen molar-refractivity contribution in [2.24, 2.45) is 5.84 Å². The van der Waals surface area contributed by atoms with E-state index in [-0.39, 0.29) is 0 Å². The van der Waals surface area contributed by atoms with Crippen LogP contribution in [0.25, 0.3) is 0 Å². The van der Waals surface area contributed by atoms with E-state index >= 15 is 0 Å². The molecule has 6 nitrogen and oxygen atoms in total. The van der Waals surface area contributed by atoms with Gasteiger partial charge in [0.25, 0.3) is 0 Å². The third-order valence-electron chi connectivity index (χ3n) is 2.32. The van der Waals surface area contributed by atoms with E-state index in [1.807, 2.05) is 38.1 Å². The molecule has 0 amide bonds. The lowest BCUT2D eigenvalue weighted by atomic mass is 10.3. The summed E-state index contributed by atoms with van der Waals surface area (Å²) in [4.78, 5) is 8.22. The van der Waals surface area contributed by atoms with Crippen molar-refractivity contribution in [3.8, 4) is 17.4 Å². The summed E-state index contributed by atoms with van der Waals surface area (Å²) in [6, 6.07) is 9.14. The molecule has 0 aliphatic rings. The van der Waals surface area contributed by atoms with Crippen LogP contribution in [-0.4, -0.2) is 16.6 Å². The van der Waals surface area contributed by atoms with Gasteiger partial charge in [-0.15, -0.1) is 0 Å². The van der Waals surface area contributed by atoms with Crippen LogP contribution in [0.2, 0.25) is 0 Å². The van der Waals surface area contributed by atoms with E-state index in [1.165, 1.54) is 0 Å². The van der Waals surface area contributed by atoms with Crippen LogP contribution < -0.4 is 20.7 Å². The van der Waals surface area contributed by atoms with Crippen molar-refractivity contribution in [1.82, 2.24) is 9.97 Å². The summed E-state index contributed by atoms with van der Waals surface area (Å²) in [6.07, 6.45) is 0. The molecule has 6 heteroatoms. The molecule has 0 aliphatic heterocycles. The second-order valence-electron chi connectivity index (χ2n) is 3.80. The first-order valence-corrected chi connectivity index (χ1v) is 5.95. The maximum atomic E-state index is 5.71. The fourth-order valence-corrected chi connectivity index (χ4v) is 1.58. The lowest BCUT2D eigenvalue weighted by Crippen LogP contribution is -2.11. The van der Waals surface area contributed by atoms with Gasteiger partial charge in [-0.25, -0.2) is 10.8 Å². The Balaban J connectivity index is 2.28. The molecule has 3 N–H and O–H groups in total. The van der Waals surface area contributed by atoms with Crippen molar-refractivity contribution in [3.63, 3.8) is 0 Å². The molecule has 0 bridgehead atoms. The average molecular weight is 260 g/mol. The molecule has 0 spiro atoms. The Hall–Kier alpha value is -2.34. The third kappa shape index (κ3) is 3.32. The van der Waals surface area contributed by atoms with Crippen LogP contribution >= 0.6 is 0 Å². The summed E-state index contributed by atoms with van der Waals surface area (Å²) >= 11 is 0. The van der Waals surface area contributed by atoms with Crippen molar-refractivity contribution in [2.45, 2.75) is 13.8 Å². The molecule has 2 rings (SSSR count). The smallest absolute Gasteiger partial charge is 0.240 e. The van der Waals surface area contributed by atoms with Crippen molar-refractivity contribution < 1.29 is 9.47 Å². The van der Waals surface area contributed by atoms with Gasteiger partial charge in [-0.1, -0.05) is 12.1 Å². The monoisotopic (exact) mass is 260 g/mol. The van der Waals surface area contributed by atoms with Crippen molar-refractivity contribution >= 4 is 5.95 Å². The minimum Gasteiger partial charge on any atom is -0.490 e. The molecule has 1 aromatic heterocycles. The molecule has 2 aromatic rings. The second kappa shape index (κ2) is 6.01. The Kier molecular flexibility index (Phi) is 4.15. The number of para-hydroxylation sites is 2. The Morgan fingerprint density at radius 1 is 1.21 bits per heavy atom. The van der Waals surface area contributed by atoms with Gasteiger partial charge < -0.3 is 9.47 Å². The minimum absolute atomic E-state index is 0.309. The predicted molar refractivity (Wildman–Crippen MR) is 72.3 cm³/mol. The van der Waals surface area contributed by atoms with Crippen LogP contribution in [-0.2, 0) is 0 Å². The number of nitrogens with zero attached hydrogens (tertiary/aromatic N) is 2. The van der Waals surface area contributed by atoms with Crippen molar-refractivity contribution in [3.05, 3.63) is 36.0 Å². The fraction of sp³-hybridized carbons (Fsp3) is 0.231. The van der Waals surface area contributed by atoms with Crippen LogP contribution in [0, 0.1) is 6.92 Å². The van der Waals surface area contributed by atoms with Gasteiger partial charge in [-0.05, 0) is 26.0 Å². The van der Waals surface area contributed by atoms with Crippen LogP contribution in [0.3, 0.4) is 0 Å². The van der Waals surface area contributed by atoms with E-state index in [0.717, 1.165) is 5.69 Å². The summed E-state index contributed by atoms with van der Waals surface area (Å²) in [7, 11) is 0. The number of anilines is 1. The maximum absolute atomic E-state index is 5.71. The molecular weight excluding hydrogens is 244 g/mol. The maximum Gasteiger partial charge on any atom is 0.240 e. The predicted octanol–water partition coefficient (Wildman–Crippen LogP) is 2.26. The quantitative estimate of drug-likeness (QED) is 0.634. The zero-order valence-corrected chi connectivity index (χ0v) is 10.9. The molecule has 0 atom stereocenters. The zero-order chi connectivity index (χ0) is 13.7. The highest BCUT2D eigenvalue weighted by Crippen LogP contribution is 2.30. The first-order chi connectivity index (χ1) is 9.22. The normalized spacial score (nSPS) is 10.1. The molecule has 1 heterocycles. The first kappa shape index (κ1) is 13.1.